The van der Waals surface area contributed by atoms with Gasteiger partial charge in [-0.05, 0) is 29.8 Å². The topological polar surface area (TPSA) is 114 Å². The molecule has 0 bridgehead atoms. The van der Waals surface area contributed by atoms with Gasteiger partial charge in [0.25, 0.3) is 11.8 Å². The van der Waals surface area contributed by atoms with Gasteiger partial charge in [-0.2, -0.15) is 13.2 Å². The Morgan fingerprint density at radius 1 is 1.21 bits per heavy atom. The number of aromatic nitrogens is 1. The molecule has 9 nitrogen and oxygen atoms in total. The van der Waals surface area contributed by atoms with Crippen molar-refractivity contribution in [2.45, 2.75) is 18.3 Å². The van der Waals surface area contributed by atoms with Gasteiger partial charge in [-0.15, -0.1) is 0 Å². The number of hydrogen-bond acceptors (Lipinski definition) is 6. The number of nitrogens with zero attached hydrogens (tertiary/aromatic N) is 2. The largest absolute Gasteiger partial charge is 0.497 e. The van der Waals surface area contributed by atoms with Crippen molar-refractivity contribution in [2.75, 3.05) is 13.7 Å². The van der Waals surface area contributed by atoms with E-state index in [1.165, 1.54) is 18.1 Å². The van der Waals surface area contributed by atoms with E-state index in [2.05, 4.69) is 15.6 Å². The second-order valence-corrected chi connectivity index (χ2v) is 7.68. The van der Waals surface area contributed by atoms with Crippen LogP contribution in [0.25, 0.3) is 11.0 Å². The molecule has 1 saturated heterocycles. The fourth-order valence-corrected chi connectivity index (χ4v) is 4.13. The quantitative estimate of drug-likeness (QED) is 0.579. The summed E-state index contributed by atoms with van der Waals surface area (Å²) in [6, 6.07) is 6.32. The molecule has 12 heteroatoms. The number of halogens is 3. The third-order valence-corrected chi connectivity index (χ3v) is 5.70. The summed E-state index contributed by atoms with van der Waals surface area (Å²) in [4.78, 5) is 42.6. The van der Waals surface area contributed by atoms with Crippen LogP contribution in [0.4, 0.5) is 18.0 Å². The second-order valence-electron chi connectivity index (χ2n) is 7.68. The van der Waals surface area contributed by atoms with Gasteiger partial charge < -0.3 is 19.4 Å². The number of alkyl halides is 3. The summed E-state index contributed by atoms with van der Waals surface area (Å²) in [5, 5.41) is 4.15. The number of imide groups is 1. The maximum Gasteiger partial charge on any atom is 0.434 e. The number of methoxy groups -OCH3 is 1. The van der Waals surface area contributed by atoms with Crippen molar-refractivity contribution in [3.8, 4) is 5.75 Å². The lowest BCUT2D eigenvalue weighted by atomic mass is 9.95. The summed E-state index contributed by atoms with van der Waals surface area (Å²) in [5.41, 5.74) is -2.25. The molecule has 2 aromatic heterocycles. The van der Waals surface area contributed by atoms with Crippen molar-refractivity contribution in [1.29, 1.82) is 0 Å². The number of nitrogens with one attached hydrogen (secondary N) is 2. The van der Waals surface area contributed by atoms with Crippen LogP contribution in [0.2, 0.25) is 0 Å². The number of furan rings is 1. The minimum atomic E-state index is -4.76. The molecule has 0 spiro atoms. The molecule has 2 aliphatic rings. The van der Waals surface area contributed by atoms with Crippen molar-refractivity contribution in [3.63, 3.8) is 0 Å². The molecule has 0 saturated carbocycles. The van der Waals surface area contributed by atoms with Gasteiger partial charge in [0.05, 0.1) is 19.0 Å². The minimum absolute atomic E-state index is 0.124. The molecule has 1 atom stereocenters. The third-order valence-electron chi connectivity index (χ3n) is 5.70. The van der Waals surface area contributed by atoms with Gasteiger partial charge in [0, 0.05) is 18.3 Å². The van der Waals surface area contributed by atoms with E-state index in [0.717, 1.165) is 12.3 Å². The highest BCUT2D eigenvalue weighted by Crippen LogP contribution is 2.38. The van der Waals surface area contributed by atoms with Crippen LogP contribution in [-0.2, 0) is 23.1 Å². The number of rotatable bonds is 4. The van der Waals surface area contributed by atoms with Crippen LogP contribution in [0.1, 0.15) is 27.4 Å². The number of fused-ring (bicyclic) bond motifs is 2. The molecule has 1 aromatic carbocycles. The molecule has 5 rings (SSSR count). The van der Waals surface area contributed by atoms with Crippen molar-refractivity contribution in [3.05, 3.63) is 59.1 Å². The zero-order valence-electron chi connectivity index (χ0n) is 16.9. The third kappa shape index (κ3) is 3.17. The van der Waals surface area contributed by atoms with Gasteiger partial charge in [-0.3, -0.25) is 19.9 Å². The van der Waals surface area contributed by atoms with Crippen molar-refractivity contribution in [2.24, 2.45) is 0 Å². The lowest BCUT2D eigenvalue weighted by Gasteiger charge is -2.29. The Balaban J connectivity index is 1.58. The molecule has 1 fully saturated rings. The van der Waals surface area contributed by atoms with E-state index >= 15 is 0 Å². The number of amides is 4. The first-order chi connectivity index (χ1) is 15.6. The summed E-state index contributed by atoms with van der Waals surface area (Å²) in [6.07, 6.45) is -3.83. The second kappa shape index (κ2) is 6.95. The van der Waals surface area contributed by atoms with Gasteiger partial charge in [0.1, 0.15) is 17.1 Å². The Morgan fingerprint density at radius 2 is 2.00 bits per heavy atom. The van der Waals surface area contributed by atoms with E-state index in [9.17, 15) is 27.6 Å². The highest BCUT2D eigenvalue weighted by atomic mass is 19.4. The van der Waals surface area contributed by atoms with E-state index < -0.39 is 35.3 Å². The summed E-state index contributed by atoms with van der Waals surface area (Å²) < 4.78 is 51.0. The van der Waals surface area contributed by atoms with E-state index in [1.54, 1.807) is 18.2 Å². The molecule has 4 heterocycles. The molecule has 2 N–H and O–H groups in total. The fraction of sp³-hybridized carbons (Fsp3) is 0.238. The first kappa shape index (κ1) is 20.8. The van der Waals surface area contributed by atoms with Crippen LogP contribution in [0.15, 0.2) is 40.9 Å². The molecule has 0 radical (unpaired) electrons. The van der Waals surface area contributed by atoms with Crippen molar-refractivity contribution in [1.82, 2.24) is 20.5 Å². The number of hydrogen-bond donors (Lipinski definition) is 2. The molecule has 170 valence electrons. The zero-order chi connectivity index (χ0) is 23.5. The van der Waals surface area contributed by atoms with Crippen LogP contribution < -0.4 is 15.4 Å². The van der Waals surface area contributed by atoms with Gasteiger partial charge in [0.2, 0.25) is 0 Å². The first-order valence-electron chi connectivity index (χ1n) is 9.68. The lowest BCUT2D eigenvalue weighted by Crippen LogP contribution is -2.52. The maximum absolute atomic E-state index is 13.4. The van der Waals surface area contributed by atoms with Crippen LogP contribution in [-0.4, -0.2) is 41.4 Å². The summed E-state index contributed by atoms with van der Waals surface area (Å²) in [7, 11) is 1.46. The van der Waals surface area contributed by atoms with Crippen LogP contribution >= 0.6 is 0 Å². The number of ether oxygens (including phenoxy) is 1. The molecular weight excluding hydrogens is 445 g/mol. The number of carbonyl (C=O) groups excluding carboxylic acids is 3. The maximum atomic E-state index is 13.4. The summed E-state index contributed by atoms with van der Waals surface area (Å²) in [6.45, 7) is -0.242. The van der Waals surface area contributed by atoms with E-state index in [1.807, 2.05) is 0 Å². The number of pyridine rings is 1. The van der Waals surface area contributed by atoms with Crippen LogP contribution in [0.5, 0.6) is 5.75 Å². The van der Waals surface area contributed by atoms with E-state index in [-0.39, 0.29) is 29.8 Å². The molecule has 4 amide bonds. The predicted octanol–water partition coefficient (Wildman–Crippen LogP) is 2.55. The molecule has 0 aliphatic carbocycles. The van der Waals surface area contributed by atoms with Crippen LogP contribution in [0, 0.1) is 0 Å². The van der Waals surface area contributed by atoms with Gasteiger partial charge in [0.15, 0.2) is 11.2 Å². The van der Waals surface area contributed by atoms with Gasteiger partial charge in [-0.25, -0.2) is 4.79 Å². The predicted molar refractivity (Wildman–Crippen MR) is 105 cm³/mol. The smallest absolute Gasteiger partial charge is 0.434 e. The fourth-order valence-electron chi connectivity index (χ4n) is 4.13. The average molecular weight is 460 g/mol. The Morgan fingerprint density at radius 3 is 2.67 bits per heavy atom. The zero-order valence-corrected chi connectivity index (χ0v) is 16.9. The van der Waals surface area contributed by atoms with E-state index in [4.69, 9.17) is 9.15 Å². The number of carbonyl (C=O) groups is 3. The Kier molecular flexibility index (Phi) is 4.38. The Hall–Kier alpha value is -4.09. The molecule has 33 heavy (non-hydrogen) atoms. The number of benzene rings is 1. The van der Waals surface area contributed by atoms with Crippen molar-refractivity contribution >= 4 is 28.8 Å². The first-order valence-corrected chi connectivity index (χ1v) is 9.68. The van der Waals surface area contributed by atoms with Gasteiger partial charge in [-0.1, -0.05) is 6.07 Å². The standard InChI is InChI=1S/C21H15F3N4O5/c1-32-11-3-2-10-8-28(17(29)12(10)6-11)9-20(18(30)26-19(31)27-20)15-7-13-14(33-15)4-5-25-16(13)21(22,23)24/h2-7H,8-9H2,1H3,(H2,26,27,30,31)/t20-/m0/s1. The average Bonchev–Trinajstić information content (AvgIpc) is 3.41. The minimum Gasteiger partial charge on any atom is -0.497 e. The Labute approximate surface area is 183 Å². The molecule has 0 unspecified atom stereocenters. The summed E-state index contributed by atoms with van der Waals surface area (Å²) in [5.74, 6) is -1.06. The molecular formula is C21H15F3N4O5. The monoisotopic (exact) mass is 460 g/mol. The molecule has 3 aromatic rings. The van der Waals surface area contributed by atoms with E-state index in [0.29, 0.717) is 16.9 Å². The van der Waals surface area contributed by atoms with Crippen LogP contribution in [0.3, 0.4) is 0 Å². The molecule has 2 aliphatic heterocycles. The highest BCUT2D eigenvalue weighted by molar-refractivity contribution is 6.08. The van der Waals surface area contributed by atoms with Gasteiger partial charge >= 0.3 is 12.2 Å². The SMILES string of the molecule is COc1ccc2c(c1)C(=O)N(C[C@@]1(c3cc4c(C(F)(F)F)nccc4o3)NC(=O)NC1=O)C2. The normalized spacial score (nSPS) is 20.2. The Bertz CT molecular complexity index is 1340. The lowest BCUT2D eigenvalue weighted by molar-refractivity contribution is -0.139. The highest BCUT2D eigenvalue weighted by Gasteiger charge is 2.53. The van der Waals surface area contributed by atoms with Crippen molar-refractivity contribution < 1.29 is 36.7 Å². The number of urea groups is 1. The summed E-state index contributed by atoms with van der Waals surface area (Å²) >= 11 is 0.